The molecule has 7 heteroatoms. The van der Waals surface area contributed by atoms with E-state index in [-0.39, 0.29) is 12.1 Å². The number of hydrogen-bond acceptors (Lipinski definition) is 6. The molecule has 1 amide bonds. The van der Waals surface area contributed by atoms with Gasteiger partial charge in [-0.25, -0.2) is 0 Å². The first-order chi connectivity index (χ1) is 10.9. The van der Waals surface area contributed by atoms with Crippen molar-refractivity contribution < 1.29 is 29.3 Å². The Hall–Kier alpha value is -2.83. The van der Waals surface area contributed by atoms with E-state index in [4.69, 9.17) is 4.74 Å². The van der Waals surface area contributed by atoms with Crippen LogP contribution in [0.25, 0.3) is 0 Å². The summed E-state index contributed by atoms with van der Waals surface area (Å²) in [6.07, 6.45) is -0.392. The highest BCUT2D eigenvalue weighted by Gasteiger charge is 2.41. The Kier molecular flexibility index (Phi) is 4.68. The molecule has 0 saturated carbocycles. The summed E-state index contributed by atoms with van der Waals surface area (Å²) in [6, 6.07) is 5.80. The number of amides is 1. The van der Waals surface area contributed by atoms with Crippen LogP contribution in [0.15, 0.2) is 35.6 Å². The lowest BCUT2D eigenvalue weighted by Gasteiger charge is -2.26. The Morgan fingerprint density at radius 2 is 1.91 bits per heavy atom. The second-order valence-corrected chi connectivity index (χ2v) is 5.11. The van der Waals surface area contributed by atoms with Crippen LogP contribution in [0.5, 0.6) is 5.75 Å². The molecule has 122 valence electrons. The zero-order chi connectivity index (χ0) is 17.1. The summed E-state index contributed by atoms with van der Waals surface area (Å²) in [6.45, 7) is 1.08. The van der Waals surface area contributed by atoms with Gasteiger partial charge in [0, 0.05) is 18.9 Å². The Morgan fingerprint density at radius 3 is 2.39 bits per heavy atom. The molecule has 0 spiro atoms. The second-order valence-electron chi connectivity index (χ2n) is 5.11. The van der Waals surface area contributed by atoms with Gasteiger partial charge in [0.05, 0.1) is 18.7 Å². The summed E-state index contributed by atoms with van der Waals surface area (Å²) in [5.74, 6) is -2.58. The normalized spacial score (nSPS) is 17.6. The zero-order valence-electron chi connectivity index (χ0n) is 12.7. The van der Waals surface area contributed by atoms with Gasteiger partial charge in [-0.1, -0.05) is 12.1 Å². The van der Waals surface area contributed by atoms with Gasteiger partial charge in [0.2, 0.25) is 0 Å². The number of nitrogens with zero attached hydrogens (tertiary/aromatic N) is 1. The van der Waals surface area contributed by atoms with Crippen molar-refractivity contribution in [3.63, 3.8) is 0 Å². The number of ether oxygens (including phenoxy) is 1. The van der Waals surface area contributed by atoms with Crippen LogP contribution in [0.2, 0.25) is 0 Å². The number of rotatable bonds is 6. The predicted molar refractivity (Wildman–Crippen MR) is 77.4 cm³/mol. The van der Waals surface area contributed by atoms with Crippen LogP contribution in [0.3, 0.4) is 0 Å². The SMILES string of the molecule is COc1ccc([C@H]2C(C(C)=O)=C(O)C(=O)N2CCC(=O)[O-])cc1. The second kappa shape index (κ2) is 6.51. The molecule has 1 aliphatic rings. The molecule has 0 bridgehead atoms. The third-order valence-corrected chi connectivity index (χ3v) is 3.67. The highest BCUT2D eigenvalue weighted by atomic mass is 16.5. The quantitative estimate of drug-likeness (QED) is 0.798. The summed E-state index contributed by atoms with van der Waals surface area (Å²) >= 11 is 0. The number of methoxy groups -OCH3 is 1. The summed E-state index contributed by atoms with van der Waals surface area (Å²) in [4.78, 5) is 35.8. The van der Waals surface area contributed by atoms with Crippen molar-refractivity contribution in [3.8, 4) is 5.75 Å². The van der Waals surface area contributed by atoms with Crippen LogP contribution in [-0.2, 0) is 14.4 Å². The third-order valence-electron chi connectivity index (χ3n) is 3.67. The van der Waals surface area contributed by atoms with Crippen molar-refractivity contribution in [1.29, 1.82) is 0 Å². The molecular formula is C16H16NO6-. The molecular weight excluding hydrogens is 302 g/mol. The monoisotopic (exact) mass is 318 g/mol. The Morgan fingerprint density at radius 1 is 1.30 bits per heavy atom. The molecule has 0 unspecified atom stereocenters. The number of carboxylic acid groups (broad SMARTS) is 1. The number of aliphatic hydroxyl groups is 1. The molecule has 0 fully saturated rings. The Bertz CT molecular complexity index is 676. The number of carbonyl (C=O) groups is 3. The van der Waals surface area contributed by atoms with Gasteiger partial charge in [-0.05, 0) is 24.6 Å². The maximum Gasteiger partial charge on any atom is 0.290 e. The fourth-order valence-corrected chi connectivity index (χ4v) is 2.59. The van der Waals surface area contributed by atoms with E-state index in [9.17, 15) is 24.6 Å². The van der Waals surface area contributed by atoms with Gasteiger partial charge in [-0.2, -0.15) is 0 Å². The molecule has 0 saturated heterocycles. The van der Waals surface area contributed by atoms with E-state index in [2.05, 4.69) is 0 Å². The average molecular weight is 318 g/mol. The summed E-state index contributed by atoms with van der Waals surface area (Å²) in [5, 5.41) is 20.7. The number of aliphatic hydroxyl groups excluding tert-OH is 1. The molecule has 1 heterocycles. The van der Waals surface area contributed by atoms with Gasteiger partial charge < -0.3 is 24.6 Å². The van der Waals surface area contributed by atoms with Crippen LogP contribution in [0, 0.1) is 0 Å². The highest BCUT2D eigenvalue weighted by Crippen LogP contribution is 2.38. The van der Waals surface area contributed by atoms with E-state index in [0.29, 0.717) is 11.3 Å². The van der Waals surface area contributed by atoms with E-state index >= 15 is 0 Å². The van der Waals surface area contributed by atoms with E-state index in [1.165, 1.54) is 14.0 Å². The largest absolute Gasteiger partial charge is 0.550 e. The first-order valence-electron chi connectivity index (χ1n) is 6.95. The van der Waals surface area contributed by atoms with Gasteiger partial charge in [0.15, 0.2) is 11.5 Å². The fraction of sp³-hybridized carbons (Fsp3) is 0.312. The summed E-state index contributed by atoms with van der Waals surface area (Å²) in [7, 11) is 1.51. The van der Waals surface area contributed by atoms with Gasteiger partial charge in [0.25, 0.3) is 5.91 Å². The standard InChI is InChI=1S/C16H17NO6/c1-9(18)13-14(10-3-5-11(23-2)6-4-10)17(8-7-12(19)20)16(22)15(13)21/h3-6,14,21H,7-8H2,1-2H3,(H,19,20)/p-1/t14-/m0/s1. The molecule has 1 N–H and O–H groups in total. The third kappa shape index (κ3) is 3.18. The lowest BCUT2D eigenvalue weighted by Crippen LogP contribution is -2.35. The van der Waals surface area contributed by atoms with Crippen LogP contribution < -0.4 is 9.84 Å². The Labute approximate surface area is 132 Å². The minimum absolute atomic E-state index is 0.0430. The van der Waals surface area contributed by atoms with E-state index in [1.54, 1.807) is 24.3 Å². The molecule has 7 nitrogen and oxygen atoms in total. The highest BCUT2D eigenvalue weighted by molar-refractivity contribution is 6.08. The van der Waals surface area contributed by atoms with Gasteiger partial charge >= 0.3 is 0 Å². The van der Waals surface area contributed by atoms with Crippen molar-refractivity contribution in [1.82, 2.24) is 4.90 Å². The molecule has 0 aromatic heterocycles. The fourth-order valence-electron chi connectivity index (χ4n) is 2.59. The van der Waals surface area contributed by atoms with Crippen molar-refractivity contribution in [2.45, 2.75) is 19.4 Å². The first-order valence-corrected chi connectivity index (χ1v) is 6.95. The molecule has 0 radical (unpaired) electrons. The van der Waals surface area contributed by atoms with E-state index < -0.39 is 35.9 Å². The van der Waals surface area contributed by atoms with Crippen LogP contribution in [0.1, 0.15) is 24.9 Å². The molecule has 1 aromatic carbocycles. The molecule has 23 heavy (non-hydrogen) atoms. The average Bonchev–Trinajstić information content (AvgIpc) is 2.77. The van der Waals surface area contributed by atoms with Gasteiger partial charge in [-0.15, -0.1) is 0 Å². The van der Waals surface area contributed by atoms with Crippen molar-refractivity contribution >= 4 is 17.7 Å². The molecule has 1 atom stereocenters. The topological polar surface area (TPSA) is 107 Å². The lowest BCUT2D eigenvalue weighted by atomic mass is 9.96. The zero-order valence-corrected chi connectivity index (χ0v) is 12.7. The van der Waals surface area contributed by atoms with Crippen LogP contribution in [0.4, 0.5) is 0 Å². The van der Waals surface area contributed by atoms with Crippen molar-refractivity contribution in [2.75, 3.05) is 13.7 Å². The van der Waals surface area contributed by atoms with E-state index in [0.717, 1.165) is 4.90 Å². The number of Topliss-reactive ketones (excluding diaryl/α,β-unsaturated/α-hetero) is 1. The van der Waals surface area contributed by atoms with Crippen LogP contribution in [-0.4, -0.2) is 41.3 Å². The number of benzene rings is 1. The summed E-state index contributed by atoms with van der Waals surface area (Å²) < 4.78 is 5.06. The minimum atomic E-state index is -1.32. The van der Waals surface area contributed by atoms with Gasteiger partial charge in [-0.3, -0.25) is 9.59 Å². The number of hydrogen-bond donors (Lipinski definition) is 1. The van der Waals surface area contributed by atoms with E-state index in [1.807, 2.05) is 0 Å². The van der Waals surface area contributed by atoms with Crippen molar-refractivity contribution in [3.05, 3.63) is 41.2 Å². The number of carboxylic acids is 1. The number of aliphatic carboxylic acids is 1. The summed E-state index contributed by atoms with van der Waals surface area (Å²) in [5.41, 5.74) is 0.533. The number of ketones is 1. The maximum absolute atomic E-state index is 12.2. The minimum Gasteiger partial charge on any atom is -0.550 e. The Balaban J connectivity index is 2.43. The first kappa shape index (κ1) is 16.5. The smallest absolute Gasteiger partial charge is 0.290 e. The molecule has 2 rings (SSSR count). The molecule has 1 aromatic rings. The van der Waals surface area contributed by atoms with Crippen molar-refractivity contribution in [2.24, 2.45) is 0 Å². The van der Waals surface area contributed by atoms with Crippen LogP contribution >= 0.6 is 0 Å². The number of carbonyl (C=O) groups excluding carboxylic acids is 3. The molecule has 1 aliphatic heterocycles. The lowest BCUT2D eigenvalue weighted by molar-refractivity contribution is -0.305. The maximum atomic E-state index is 12.2. The predicted octanol–water partition coefficient (Wildman–Crippen LogP) is 0.120. The molecule has 0 aliphatic carbocycles. The van der Waals surface area contributed by atoms with Gasteiger partial charge in [0.1, 0.15) is 5.75 Å².